The first kappa shape index (κ1) is 38.3. The first-order valence-corrected chi connectivity index (χ1v) is 11.4. The van der Waals surface area contributed by atoms with Gasteiger partial charge >= 0.3 is 12.1 Å². The summed E-state index contributed by atoms with van der Waals surface area (Å²) in [6, 6.07) is 8.14. The molecule has 0 bridgehead atoms. The van der Waals surface area contributed by atoms with E-state index in [1.807, 2.05) is 33.5 Å². The number of aliphatic carboxylic acids is 1. The van der Waals surface area contributed by atoms with Gasteiger partial charge in [0.2, 0.25) is 17.7 Å². The van der Waals surface area contributed by atoms with Gasteiger partial charge in [-0.2, -0.15) is 0 Å². The van der Waals surface area contributed by atoms with Crippen LogP contribution < -0.4 is 21.3 Å². The number of carbonyl (C=O) groups is 7. The van der Waals surface area contributed by atoms with E-state index in [-0.39, 0.29) is 13.0 Å². The number of ether oxygens (including phenoxy) is 1. The summed E-state index contributed by atoms with van der Waals surface area (Å²) in [5.41, 5.74) is 0.788. The molecule has 5 N–H and O–H groups in total. The van der Waals surface area contributed by atoms with Crippen LogP contribution in [0, 0.1) is 0 Å². The molecule has 0 radical (unpaired) electrons. The summed E-state index contributed by atoms with van der Waals surface area (Å²) >= 11 is 5.70. The van der Waals surface area contributed by atoms with Crippen LogP contribution in [-0.2, 0) is 40.1 Å². The Kier molecular flexibility index (Phi) is 26.0. The maximum Gasteiger partial charge on any atom is 0.407 e. The van der Waals surface area contributed by atoms with E-state index in [0.717, 1.165) is 5.56 Å². The van der Waals surface area contributed by atoms with Crippen LogP contribution in [0.5, 0.6) is 0 Å². The quantitative estimate of drug-likeness (QED) is 0.247. The zero-order chi connectivity index (χ0) is 29.9. The third-order valence-corrected chi connectivity index (χ3v) is 3.80. The summed E-state index contributed by atoms with van der Waals surface area (Å²) in [6.07, 6.45) is 0.205. The van der Waals surface area contributed by atoms with Crippen molar-refractivity contribution < 1.29 is 43.4 Å². The van der Waals surface area contributed by atoms with Gasteiger partial charge in [-0.05, 0) is 18.6 Å². The van der Waals surface area contributed by atoms with Gasteiger partial charge in [-0.3, -0.25) is 19.2 Å². The first-order chi connectivity index (χ1) is 18.2. The summed E-state index contributed by atoms with van der Waals surface area (Å²) in [5.74, 6) is -3.05. The van der Waals surface area contributed by atoms with E-state index in [0.29, 0.717) is 5.03 Å². The number of nitrogens with one attached hydrogen (secondary N) is 4. The third-order valence-electron chi connectivity index (χ3n) is 3.67. The number of rotatable bonds is 12. The largest absolute Gasteiger partial charge is 0.481 e. The van der Waals surface area contributed by atoms with Gasteiger partial charge in [0.15, 0.2) is 0 Å². The minimum atomic E-state index is -1.13. The van der Waals surface area contributed by atoms with Crippen LogP contribution in [0.4, 0.5) is 4.79 Å². The predicted molar refractivity (Wildman–Crippen MR) is 140 cm³/mol. The Morgan fingerprint density at radius 1 is 0.895 bits per heavy atom. The van der Waals surface area contributed by atoms with Gasteiger partial charge in [0, 0.05) is 5.03 Å². The van der Waals surface area contributed by atoms with Gasteiger partial charge in [0.25, 0.3) is 0 Å². The molecule has 0 spiro atoms. The van der Waals surface area contributed by atoms with E-state index < -0.39 is 55.5 Å². The minimum absolute atomic E-state index is 0.0480. The lowest BCUT2D eigenvalue weighted by Crippen LogP contribution is -2.46. The fourth-order valence-corrected chi connectivity index (χ4v) is 2.44. The Morgan fingerprint density at radius 3 is 1.84 bits per heavy atom. The van der Waals surface area contributed by atoms with Crippen molar-refractivity contribution in [2.24, 2.45) is 0 Å². The summed E-state index contributed by atoms with van der Waals surface area (Å²) in [6.45, 7) is 8.33. The number of amides is 4. The van der Waals surface area contributed by atoms with Gasteiger partial charge in [-0.15, -0.1) is 0 Å². The minimum Gasteiger partial charge on any atom is -0.481 e. The molecule has 1 aromatic carbocycles. The van der Waals surface area contributed by atoms with Crippen LogP contribution in [0.15, 0.2) is 41.4 Å². The summed E-state index contributed by atoms with van der Waals surface area (Å²) < 4.78 is 4.95. The lowest BCUT2D eigenvalue weighted by Gasteiger charge is -2.14. The highest BCUT2D eigenvalue weighted by molar-refractivity contribution is 6.29. The van der Waals surface area contributed by atoms with E-state index in [2.05, 4.69) is 21.3 Å². The zero-order valence-electron chi connectivity index (χ0n) is 21.6. The molecule has 212 valence electrons. The van der Waals surface area contributed by atoms with Crippen molar-refractivity contribution in [3.8, 4) is 0 Å². The van der Waals surface area contributed by atoms with Gasteiger partial charge in [0.05, 0.1) is 25.6 Å². The molecule has 0 saturated heterocycles. The smallest absolute Gasteiger partial charge is 0.407 e. The van der Waals surface area contributed by atoms with E-state index in [1.54, 1.807) is 24.3 Å². The van der Waals surface area contributed by atoms with Crippen LogP contribution in [0.3, 0.4) is 0 Å². The standard InChI is InChI=1S/C20H25ClN4O7.C2H6.2CH2O/c1-13(21)7-15(8-19(29)30)25-18(28)11-23-16(26)9-22-17(27)10-24-20(31)32-12-14-5-3-2-4-6-14;3*1-2/h2-7,15H,8-12H2,1H3,(H,22,27)(H,23,26)(H,24,31)(H,25,28)(H,29,30);1-2H3;2*1H2/b13-7-;;;. The molecular formula is C24H35ClN4O9. The fourth-order valence-electron chi connectivity index (χ4n) is 2.28. The van der Waals surface area contributed by atoms with Gasteiger partial charge in [0.1, 0.15) is 26.7 Å². The highest BCUT2D eigenvalue weighted by atomic mass is 35.5. The molecule has 0 fully saturated rings. The highest BCUT2D eigenvalue weighted by Crippen LogP contribution is 2.04. The Hall–Kier alpha value is -4.26. The van der Waals surface area contributed by atoms with Crippen molar-refractivity contribution in [2.75, 3.05) is 19.6 Å². The normalized spacial score (nSPS) is 10.2. The van der Waals surface area contributed by atoms with Crippen LogP contribution in [0.2, 0.25) is 0 Å². The van der Waals surface area contributed by atoms with Crippen molar-refractivity contribution in [3.63, 3.8) is 0 Å². The number of alkyl carbamates (subject to hydrolysis) is 1. The maximum absolute atomic E-state index is 11.9. The van der Waals surface area contributed by atoms with E-state index in [4.69, 9.17) is 31.0 Å². The molecule has 0 heterocycles. The number of hydrogen-bond donors (Lipinski definition) is 5. The van der Waals surface area contributed by atoms with E-state index in [1.165, 1.54) is 13.0 Å². The molecule has 4 amide bonds. The number of halogens is 1. The molecular weight excluding hydrogens is 524 g/mol. The second kappa shape index (κ2) is 25.8. The molecule has 1 atom stereocenters. The maximum atomic E-state index is 11.9. The molecule has 1 unspecified atom stereocenters. The molecule has 0 saturated carbocycles. The molecule has 13 nitrogen and oxygen atoms in total. The Morgan fingerprint density at radius 2 is 1.37 bits per heavy atom. The summed E-state index contributed by atoms with van der Waals surface area (Å²) in [7, 11) is 0. The fraction of sp³-hybridized carbons (Fsp3) is 0.375. The lowest BCUT2D eigenvalue weighted by molar-refractivity contribution is -0.137. The average molecular weight is 559 g/mol. The third kappa shape index (κ3) is 23.5. The van der Waals surface area contributed by atoms with Gasteiger partial charge in [-0.1, -0.05) is 55.8 Å². The second-order valence-corrected chi connectivity index (χ2v) is 7.09. The Labute approximate surface area is 226 Å². The molecule has 1 rings (SSSR count). The van der Waals surface area contributed by atoms with Crippen molar-refractivity contribution >= 4 is 55.0 Å². The molecule has 0 aliphatic heterocycles. The number of carbonyl (C=O) groups excluding carboxylic acids is 6. The monoisotopic (exact) mass is 558 g/mol. The lowest BCUT2D eigenvalue weighted by atomic mass is 10.2. The molecule has 0 aliphatic carbocycles. The molecule has 0 aromatic heterocycles. The number of benzene rings is 1. The van der Waals surface area contributed by atoms with Crippen LogP contribution in [0.1, 0.15) is 32.8 Å². The predicted octanol–water partition coefficient (Wildman–Crippen LogP) is 0.904. The van der Waals surface area contributed by atoms with Crippen molar-refractivity contribution in [3.05, 3.63) is 47.0 Å². The number of allylic oxidation sites excluding steroid dienone is 1. The van der Waals surface area contributed by atoms with Crippen molar-refractivity contribution in [1.29, 1.82) is 0 Å². The zero-order valence-corrected chi connectivity index (χ0v) is 22.3. The Bertz CT molecular complexity index is 877. The molecule has 1 aromatic rings. The first-order valence-electron chi connectivity index (χ1n) is 11.1. The summed E-state index contributed by atoms with van der Waals surface area (Å²) in [5, 5.41) is 18.4. The highest BCUT2D eigenvalue weighted by Gasteiger charge is 2.15. The topological polar surface area (TPSA) is 197 Å². The second-order valence-electron chi connectivity index (χ2n) is 6.49. The Balaban J connectivity index is -0.00000190. The molecule has 0 aliphatic rings. The number of hydrogen-bond acceptors (Lipinski definition) is 8. The van der Waals surface area contributed by atoms with Crippen LogP contribution in [-0.4, -0.2) is 74.1 Å². The van der Waals surface area contributed by atoms with Crippen molar-refractivity contribution in [1.82, 2.24) is 21.3 Å². The molecule has 14 heteroatoms. The average Bonchev–Trinajstić information content (AvgIpc) is 2.91. The number of carboxylic acid groups (broad SMARTS) is 1. The van der Waals surface area contributed by atoms with Gasteiger partial charge < -0.3 is 40.7 Å². The number of carboxylic acids is 1. The summed E-state index contributed by atoms with van der Waals surface area (Å²) in [4.78, 5) is 73.7. The molecule has 38 heavy (non-hydrogen) atoms. The van der Waals surface area contributed by atoms with E-state index in [9.17, 15) is 24.0 Å². The van der Waals surface area contributed by atoms with Crippen LogP contribution >= 0.6 is 11.6 Å². The van der Waals surface area contributed by atoms with Gasteiger partial charge in [-0.25, -0.2) is 4.79 Å². The SMILES string of the molecule is C/C(Cl)=C/C(CC(=O)O)NC(=O)CNC(=O)CNC(=O)CNC(=O)OCc1ccccc1.C=O.C=O.CC. The van der Waals surface area contributed by atoms with Crippen molar-refractivity contribution in [2.45, 2.75) is 39.8 Å². The van der Waals surface area contributed by atoms with E-state index >= 15 is 0 Å². The van der Waals surface area contributed by atoms with Crippen LogP contribution in [0.25, 0.3) is 0 Å².